The van der Waals surface area contributed by atoms with Crippen LogP contribution in [0.2, 0.25) is 0 Å². The van der Waals surface area contributed by atoms with E-state index in [1.54, 1.807) is 6.08 Å². The molecule has 2 unspecified atom stereocenters. The van der Waals surface area contributed by atoms with Crippen LogP contribution in [0.5, 0.6) is 5.75 Å². The molecule has 0 aromatic heterocycles. The maximum Gasteiger partial charge on any atom is 0.416 e. The van der Waals surface area contributed by atoms with Crippen LogP contribution in [0.4, 0.5) is 13.2 Å². The molecule has 12 nitrogen and oxygen atoms in total. The number of aliphatic hydroxyl groups excluding tert-OH is 3. The van der Waals surface area contributed by atoms with Gasteiger partial charge in [-0.2, -0.15) is 13.2 Å². The van der Waals surface area contributed by atoms with E-state index in [1.165, 1.54) is 32.1 Å². The molecule has 1 saturated carbocycles. The maximum absolute atomic E-state index is 12.9. The molecule has 1 aliphatic carbocycles. The maximum atomic E-state index is 12.9. The Morgan fingerprint density at radius 2 is 1.86 bits per heavy atom. The average molecular weight is 635 g/mol. The summed E-state index contributed by atoms with van der Waals surface area (Å²) in [6.45, 7) is 2.32. The Kier molecular flexibility index (Phi) is 15.2. The van der Waals surface area contributed by atoms with Gasteiger partial charge in [-0.25, -0.2) is 9.63 Å². The van der Waals surface area contributed by atoms with Crippen molar-refractivity contribution in [2.24, 2.45) is 11.8 Å². The number of aliphatic hydroxyl groups is 3. The predicted molar refractivity (Wildman–Crippen MR) is 148 cm³/mol. The van der Waals surface area contributed by atoms with Gasteiger partial charge in [0, 0.05) is 18.8 Å². The molecular formula is C29H41F3N2O10. The first-order valence-corrected chi connectivity index (χ1v) is 14.2. The van der Waals surface area contributed by atoms with Crippen molar-refractivity contribution in [3.05, 3.63) is 54.1 Å². The fraction of sp³-hybridized carbons (Fsp3) is 0.586. The van der Waals surface area contributed by atoms with E-state index in [0.717, 1.165) is 12.1 Å². The van der Waals surface area contributed by atoms with E-state index < -0.39 is 59.5 Å². The summed E-state index contributed by atoms with van der Waals surface area (Å²) in [6.07, 6.45) is 0.255. The summed E-state index contributed by atoms with van der Waals surface area (Å²) in [6, 6.07) is 3.39. The van der Waals surface area contributed by atoms with Gasteiger partial charge >= 0.3 is 12.1 Å². The zero-order chi connectivity index (χ0) is 32.9. The summed E-state index contributed by atoms with van der Waals surface area (Å²) in [5, 5.41) is 50.2. The van der Waals surface area contributed by atoms with Crippen LogP contribution in [-0.2, 0) is 25.3 Å². The quantitative estimate of drug-likeness (QED) is 0.0643. The van der Waals surface area contributed by atoms with Gasteiger partial charge in [0.05, 0.1) is 23.2 Å². The summed E-state index contributed by atoms with van der Waals surface area (Å²) in [5.74, 6) is -1.93. The van der Waals surface area contributed by atoms with Gasteiger partial charge in [-0.05, 0) is 57.2 Å². The molecule has 15 heteroatoms. The van der Waals surface area contributed by atoms with Crippen molar-refractivity contribution >= 4 is 11.9 Å². The van der Waals surface area contributed by atoms with Crippen molar-refractivity contribution in [3.63, 3.8) is 0 Å². The number of carbonyl (C=O) groups is 2. The van der Waals surface area contributed by atoms with Crippen molar-refractivity contribution in [2.45, 2.75) is 82.6 Å². The Bertz CT molecular complexity index is 1100. The van der Waals surface area contributed by atoms with Crippen LogP contribution in [-0.4, -0.2) is 86.7 Å². The van der Waals surface area contributed by atoms with E-state index >= 15 is 0 Å². The summed E-state index contributed by atoms with van der Waals surface area (Å²) in [4.78, 5) is 28.5. The molecule has 0 heterocycles. The molecule has 1 amide bonds. The molecule has 0 saturated heterocycles. The average Bonchev–Trinajstić information content (AvgIpc) is 3.21. The van der Waals surface area contributed by atoms with Crippen LogP contribution in [0.3, 0.4) is 0 Å². The lowest BCUT2D eigenvalue weighted by Gasteiger charge is -2.19. The first kappa shape index (κ1) is 37.1. The van der Waals surface area contributed by atoms with E-state index in [2.05, 4.69) is 10.2 Å². The number of ether oxygens (including phenoxy) is 2. The van der Waals surface area contributed by atoms with Crippen LogP contribution in [0.15, 0.2) is 48.6 Å². The number of rotatable bonds is 17. The van der Waals surface area contributed by atoms with E-state index in [0.29, 0.717) is 19.3 Å². The number of hydrogen-bond donors (Lipinski definition) is 6. The van der Waals surface area contributed by atoms with Gasteiger partial charge < -0.3 is 30.1 Å². The van der Waals surface area contributed by atoms with E-state index in [1.807, 2.05) is 12.2 Å². The van der Waals surface area contributed by atoms with Crippen molar-refractivity contribution in [1.29, 1.82) is 0 Å². The predicted octanol–water partition coefficient (Wildman–Crippen LogP) is 2.92. The molecule has 1 aromatic carbocycles. The van der Waals surface area contributed by atoms with Crippen LogP contribution in [0.25, 0.3) is 0 Å². The van der Waals surface area contributed by atoms with Gasteiger partial charge in [0.1, 0.15) is 37.2 Å². The van der Waals surface area contributed by atoms with Crippen LogP contribution in [0.1, 0.15) is 51.5 Å². The Morgan fingerprint density at radius 1 is 1.14 bits per heavy atom. The highest BCUT2D eigenvalue weighted by atomic mass is 19.4. The van der Waals surface area contributed by atoms with Gasteiger partial charge in [0.25, 0.3) is 0 Å². The first-order valence-electron chi connectivity index (χ1n) is 14.2. The molecule has 0 radical (unpaired) electrons. The molecule has 6 N–H and O–H groups in total. The largest absolute Gasteiger partial charge is 0.491 e. The topological polar surface area (TPSA) is 178 Å². The number of nitrogens with zero attached hydrogens (tertiary/aromatic N) is 1. The molecule has 7 atom stereocenters. The van der Waals surface area contributed by atoms with E-state index in [-0.39, 0.29) is 43.6 Å². The third kappa shape index (κ3) is 13.3. The molecule has 0 spiro atoms. The number of amides is 1. The van der Waals surface area contributed by atoms with Crippen LogP contribution < -0.4 is 10.1 Å². The Hall–Kier alpha value is -3.05. The number of alkyl halides is 3. The van der Waals surface area contributed by atoms with Crippen LogP contribution >= 0.6 is 0 Å². The summed E-state index contributed by atoms with van der Waals surface area (Å²) < 4.78 is 48.8. The SMILES string of the molecule is CC(COC(=O)C(C)NC(=O)CCC/C=C\C[C@@H]1[C@@H](/C=C/[C@@H](O)COc2cccc(C(F)(F)F)c2)[C@H](O)C[C@@H]1O)ON(O)O. The van der Waals surface area contributed by atoms with Crippen molar-refractivity contribution in [3.8, 4) is 5.75 Å². The Balaban J connectivity index is 1.73. The third-order valence-electron chi connectivity index (χ3n) is 6.87. The molecule has 0 aliphatic heterocycles. The number of esters is 1. The summed E-state index contributed by atoms with van der Waals surface area (Å²) in [5.41, 5.74) is -0.867. The van der Waals surface area contributed by atoms with Crippen LogP contribution in [0, 0.1) is 11.8 Å². The molecule has 1 aromatic rings. The number of unbranched alkanes of at least 4 members (excludes halogenated alkanes) is 1. The first-order chi connectivity index (χ1) is 20.7. The van der Waals surface area contributed by atoms with Crippen molar-refractivity contribution in [2.75, 3.05) is 13.2 Å². The molecular weight excluding hydrogens is 593 g/mol. The Labute approximate surface area is 253 Å². The highest BCUT2D eigenvalue weighted by Crippen LogP contribution is 2.36. The zero-order valence-corrected chi connectivity index (χ0v) is 24.5. The van der Waals surface area contributed by atoms with Gasteiger partial charge in [-0.15, -0.1) is 0 Å². The van der Waals surface area contributed by atoms with Gasteiger partial charge in [0.15, 0.2) is 0 Å². The number of halogens is 3. The minimum absolute atomic E-state index is 0.0440. The fourth-order valence-corrected chi connectivity index (χ4v) is 4.60. The highest BCUT2D eigenvalue weighted by molar-refractivity contribution is 5.84. The van der Waals surface area contributed by atoms with Gasteiger partial charge in [0.2, 0.25) is 5.91 Å². The number of benzene rings is 1. The molecule has 2 rings (SSSR count). The van der Waals surface area contributed by atoms with Crippen molar-refractivity contribution in [1.82, 2.24) is 10.7 Å². The monoisotopic (exact) mass is 634 g/mol. The minimum atomic E-state index is -4.52. The Morgan fingerprint density at radius 3 is 2.55 bits per heavy atom. The number of allylic oxidation sites excluding steroid dienone is 2. The number of nitrogens with one attached hydrogen (secondary N) is 1. The number of carbonyl (C=O) groups excluding carboxylic acids is 2. The van der Waals surface area contributed by atoms with E-state index in [9.17, 15) is 38.1 Å². The smallest absolute Gasteiger partial charge is 0.416 e. The van der Waals surface area contributed by atoms with Gasteiger partial charge in [-0.1, -0.05) is 30.4 Å². The molecule has 0 bridgehead atoms. The molecule has 44 heavy (non-hydrogen) atoms. The van der Waals surface area contributed by atoms with E-state index in [4.69, 9.17) is 19.9 Å². The molecule has 248 valence electrons. The lowest BCUT2D eigenvalue weighted by molar-refractivity contribution is -0.504. The normalized spacial score (nSPS) is 22.8. The third-order valence-corrected chi connectivity index (χ3v) is 6.87. The molecule has 1 fully saturated rings. The highest BCUT2D eigenvalue weighted by Gasteiger charge is 2.39. The second-order valence-electron chi connectivity index (χ2n) is 10.6. The second kappa shape index (κ2) is 18.0. The van der Waals surface area contributed by atoms with Crippen molar-refractivity contribution < 1.29 is 62.8 Å². The van der Waals surface area contributed by atoms with Gasteiger partial charge in [-0.3, -0.25) is 15.2 Å². The summed E-state index contributed by atoms with van der Waals surface area (Å²) in [7, 11) is 0. The lowest BCUT2D eigenvalue weighted by Crippen LogP contribution is -2.40. The standard InChI is InChI=1S/C29H41F3N2O10/c1-18(44-34(40)41)16-43-28(39)19(2)33-27(38)11-6-4-3-5-10-23-24(26(37)15-25(23)36)13-12-21(35)17-42-22-9-7-8-20(14-22)29(30,31)32/h3,5,7-9,12-14,18-19,21,23-26,35-37,40-41H,4,6,10-11,15-17H2,1-2H3,(H,33,38)/b5-3-,13-12+/t18?,19?,21-,23-,24-,25+,26-/m1/s1. The fourth-order valence-electron chi connectivity index (χ4n) is 4.60. The lowest BCUT2D eigenvalue weighted by atomic mass is 9.89. The number of hydrogen-bond acceptors (Lipinski definition) is 11. The minimum Gasteiger partial charge on any atom is -0.491 e. The summed E-state index contributed by atoms with van der Waals surface area (Å²) >= 11 is 0. The second-order valence-corrected chi connectivity index (χ2v) is 10.6. The molecule has 1 aliphatic rings. The zero-order valence-electron chi connectivity index (χ0n) is 24.5.